The number of aryl methyl sites for hydroxylation is 1. The summed E-state index contributed by atoms with van der Waals surface area (Å²) in [6, 6.07) is 0.261. The van der Waals surface area contributed by atoms with Gasteiger partial charge in [0, 0.05) is 6.42 Å². The van der Waals surface area contributed by atoms with Gasteiger partial charge in [0.2, 0.25) is 5.89 Å². The van der Waals surface area contributed by atoms with Crippen molar-refractivity contribution < 1.29 is 4.52 Å². The maximum atomic E-state index is 5.30. The van der Waals surface area contributed by atoms with Crippen molar-refractivity contribution in [2.45, 2.75) is 45.6 Å². The normalized spacial score (nSPS) is 26.8. The number of piperidine rings is 1. The molecular formula is C11H19N3O. The summed E-state index contributed by atoms with van der Waals surface area (Å²) in [6.07, 6.45) is 4.45. The fourth-order valence-electron chi connectivity index (χ4n) is 2.10. The summed E-state index contributed by atoms with van der Waals surface area (Å²) in [7, 11) is 0. The van der Waals surface area contributed by atoms with E-state index in [2.05, 4.69) is 29.3 Å². The number of nitrogens with one attached hydrogen (secondary N) is 1. The minimum Gasteiger partial charge on any atom is -0.338 e. The van der Waals surface area contributed by atoms with E-state index in [-0.39, 0.29) is 6.04 Å². The first-order valence-corrected chi connectivity index (χ1v) is 5.87. The van der Waals surface area contributed by atoms with Crippen LogP contribution in [0.5, 0.6) is 0 Å². The highest BCUT2D eigenvalue weighted by molar-refractivity contribution is 4.96. The first-order valence-electron chi connectivity index (χ1n) is 5.87. The molecule has 2 rings (SSSR count). The van der Waals surface area contributed by atoms with Crippen molar-refractivity contribution in [3.63, 3.8) is 0 Å². The van der Waals surface area contributed by atoms with Gasteiger partial charge in [-0.2, -0.15) is 4.98 Å². The van der Waals surface area contributed by atoms with Crippen LogP contribution in [0.25, 0.3) is 0 Å². The second-order valence-corrected chi connectivity index (χ2v) is 4.35. The van der Waals surface area contributed by atoms with Gasteiger partial charge in [0.25, 0.3) is 0 Å². The quantitative estimate of drug-likeness (QED) is 0.828. The van der Waals surface area contributed by atoms with Crippen LogP contribution in [0, 0.1) is 5.92 Å². The molecule has 0 aromatic carbocycles. The Balaban J connectivity index is 2.06. The third-order valence-electron chi connectivity index (χ3n) is 2.99. The molecule has 2 unspecified atom stereocenters. The molecule has 0 amide bonds. The lowest BCUT2D eigenvalue weighted by molar-refractivity contribution is 0.239. The van der Waals surface area contributed by atoms with Crippen LogP contribution in [0.4, 0.5) is 0 Å². The summed E-state index contributed by atoms with van der Waals surface area (Å²) in [5, 5.41) is 7.43. The molecule has 84 valence electrons. The predicted molar refractivity (Wildman–Crippen MR) is 57.4 cm³/mol. The van der Waals surface area contributed by atoms with E-state index in [1.54, 1.807) is 0 Å². The van der Waals surface area contributed by atoms with Crippen LogP contribution in [0.15, 0.2) is 4.52 Å². The molecule has 1 saturated heterocycles. The molecule has 15 heavy (non-hydrogen) atoms. The van der Waals surface area contributed by atoms with Crippen molar-refractivity contribution >= 4 is 0 Å². The third kappa shape index (κ3) is 2.37. The fourth-order valence-corrected chi connectivity index (χ4v) is 2.10. The summed E-state index contributed by atoms with van der Waals surface area (Å²) in [6.45, 7) is 5.42. The van der Waals surface area contributed by atoms with Crippen LogP contribution >= 0.6 is 0 Å². The monoisotopic (exact) mass is 209 g/mol. The summed E-state index contributed by atoms with van der Waals surface area (Å²) in [5.74, 6) is 2.20. The molecule has 4 nitrogen and oxygen atoms in total. The lowest BCUT2D eigenvalue weighted by Crippen LogP contribution is -2.33. The van der Waals surface area contributed by atoms with E-state index >= 15 is 0 Å². The first-order chi connectivity index (χ1) is 7.31. The lowest BCUT2D eigenvalue weighted by atomic mass is 9.93. The summed E-state index contributed by atoms with van der Waals surface area (Å²) < 4.78 is 5.30. The van der Waals surface area contributed by atoms with Crippen LogP contribution in [-0.2, 0) is 6.42 Å². The molecule has 0 spiro atoms. The molecule has 2 heterocycles. The van der Waals surface area contributed by atoms with Gasteiger partial charge < -0.3 is 9.84 Å². The van der Waals surface area contributed by atoms with E-state index < -0.39 is 0 Å². The highest BCUT2D eigenvalue weighted by Gasteiger charge is 2.27. The van der Waals surface area contributed by atoms with E-state index in [0.29, 0.717) is 5.92 Å². The molecule has 0 aliphatic carbocycles. The van der Waals surface area contributed by atoms with Crippen molar-refractivity contribution in [2.75, 3.05) is 6.54 Å². The van der Waals surface area contributed by atoms with Crippen molar-refractivity contribution in [1.29, 1.82) is 0 Å². The Bertz CT molecular complexity index is 311. The fraction of sp³-hybridized carbons (Fsp3) is 0.818. The Morgan fingerprint density at radius 1 is 1.53 bits per heavy atom. The summed E-state index contributed by atoms with van der Waals surface area (Å²) in [4.78, 5) is 4.43. The van der Waals surface area contributed by atoms with E-state index in [4.69, 9.17) is 4.52 Å². The number of nitrogens with zero attached hydrogens (tertiary/aromatic N) is 2. The molecule has 1 aliphatic rings. The zero-order chi connectivity index (χ0) is 10.7. The van der Waals surface area contributed by atoms with Crippen molar-refractivity contribution in [3.8, 4) is 0 Å². The number of hydrogen-bond donors (Lipinski definition) is 1. The average molecular weight is 209 g/mol. The molecule has 0 saturated carbocycles. The Morgan fingerprint density at radius 2 is 2.40 bits per heavy atom. The number of rotatable bonds is 3. The standard InChI is InChI=1S/C11H19N3O/c1-3-5-9-13-11(15-14-9)10-8(2)6-4-7-12-10/h8,10,12H,3-7H2,1-2H3. The van der Waals surface area contributed by atoms with Gasteiger partial charge in [0.1, 0.15) is 0 Å². The van der Waals surface area contributed by atoms with Gasteiger partial charge in [-0.05, 0) is 31.7 Å². The Morgan fingerprint density at radius 3 is 3.13 bits per heavy atom. The number of hydrogen-bond acceptors (Lipinski definition) is 4. The van der Waals surface area contributed by atoms with Crippen molar-refractivity contribution in [3.05, 3.63) is 11.7 Å². The largest absolute Gasteiger partial charge is 0.338 e. The van der Waals surface area contributed by atoms with Gasteiger partial charge in [-0.1, -0.05) is 19.0 Å². The van der Waals surface area contributed by atoms with Crippen LogP contribution in [0.1, 0.15) is 50.9 Å². The Hall–Kier alpha value is -0.900. The van der Waals surface area contributed by atoms with Gasteiger partial charge in [0.15, 0.2) is 5.82 Å². The Labute approximate surface area is 90.4 Å². The van der Waals surface area contributed by atoms with Crippen molar-refractivity contribution in [1.82, 2.24) is 15.5 Å². The molecule has 2 atom stereocenters. The molecule has 1 aromatic heterocycles. The predicted octanol–water partition coefficient (Wildman–Crippen LogP) is 2.08. The summed E-state index contributed by atoms with van der Waals surface area (Å²) in [5.41, 5.74) is 0. The minimum absolute atomic E-state index is 0.261. The molecule has 0 bridgehead atoms. The first kappa shape index (κ1) is 10.6. The maximum absolute atomic E-state index is 5.30. The van der Waals surface area contributed by atoms with Gasteiger partial charge in [0.05, 0.1) is 6.04 Å². The zero-order valence-electron chi connectivity index (χ0n) is 9.49. The second-order valence-electron chi connectivity index (χ2n) is 4.35. The maximum Gasteiger partial charge on any atom is 0.244 e. The summed E-state index contributed by atoms with van der Waals surface area (Å²) >= 11 is 0. The smallest absolute Gasteiger partial charge is 0.244 e. The van der Waals surface area contributed by atoms with Gasteiger partial charge in [-0.15, -0.1) is 0 Å². The second kappa shape index (κ2) is 4.75. The van der Waals surface area contributed by atoms with Crippen LogP contribution in [0.2, 0.25) is 0 Å². The van der Waals surface area contributed by atoms with Crippen molar-refractivity contribution in [2.24, 2.45) is 5.92 Å². The van der Waals surface area contributed by atoms with E-state index in [1.165, 1.54) is 12.8 Å². The minimum atomic E-state index is 0.261. The SMILES string of the molecule is CCCc1noc(C2NCCCC2C)n1. The zero-order valence-corrected chi connectivity index (χ0v) is 9.49. The number of aromatic nitrogens is 2. The van der Waals surface area contributed by atoms with Gasteiger partial charge in [-0.25, -0.2) is 0 Å². The average Bonchev–Trinajstić information content (AvgIpc) is 2.68. The van der Waals surface area contributed by atoms with E-state index in [1.807, 2.05) is 0 Å². The lowest BCUT2D eigenvalue weighted by Gasteiger charge is -2.26. The molecule has 1 aromatic rings. The van der Waals surface area contributed by atoms with E-state index in [0.717, 1.165) is 31.1 Å². The molecule has 4 heteroatoms. The molecule has 1 N–H and O–H groups in total. The van der Waals surface area contributed by atoms with Crippen LogP contribution in [-0.4, -0.2) is 16.7 Å². The van der Waals surface area contributed by atoms with Gasteiger partial charge >= 0.3 is 0 Å². The third-order valence-corrected chi connectivity index (χ3v) is 2.99. The Kier molecular flexibility index (Phi) is 3.36. The molecule has 0 radical (unpaired) electrons. The topological polar surface area (TPSA) is 51.0 Å². The van der Waals surface area contributed by atoms with Crippen LogP contribution < -0.4 is 5.32 Å². The molecule has 1 fully saturated rings. The van der Waals surface area contributed by atoms with Gasteiger partial charge in [-0.3, -0.25) is 0 Å². The van der Waals surface area contributed by atoms with E-state index in [9.17, 15) is 0 Å². The highest BCUT2D eigenvalue weighted by Crippen LogP contribution is 2.27. The highest BCUT2D eigenvalue weighted by atomic mass is 16.5. The molecular weight excluding hydrogens is 190 g/mol. The van der Waals surface area contributed by atoms with Crippen LogP contribution in [0.3, 0.4) is 0 Å². The molecule has 1 aliphatic heterocycles.